The summed E-state index contributed by atoms with van der Waals surface area (Å²) in [5.41, 5.74) is 1.66. The number of hydrogen-bond donors (Lipinski definition) is 4. The number of carbonyl (C=O) groups is 1. The number of rotatable bonds is 9. The van der Waals surface area contributed by atoms with Crippen molar-refractivity contribution < 1.29 is 43.1 Å². The zero-order valence-corrected chi connectivity index (χ0v) is 20.4. The van der Waals surface area contributed by atoms with Crippen molar-refractivity contribution in [2.45, 2.75) is 55.5 Å². The van der Waals surface area contributed by atoms with E-state index < -0.39 is 65.2 Å². The summed E-state index contributed by atoms with van der Waals surface area (Å²) in [6, 6.07) is 13.9. The summed E-state index contributed by atoms with van der Waals surface area (Å²) in [6.45, 7) is 2.53. The highest BCUT2D eigenvalue weighted by atomic mass is 32.2. The summed E-state index contributed by atoms with van der Waals surface area (Å²) >= 11 is 0. The first-order valence-electron chi connectivity index (χ1n) is 11.1. The average molecular weight is 510 g/mol. The average Bonchev–Trinajstić information content (AvgIpc) is 2.83. The van der Waals surface area contributed by atoms with Crippen LogP contribution >= 0.6 is 0 Å². The number of carboxylic acids is 1. The Morgan fingerprint density at radius 1 is 0.971 bits per heavy atom. The molecule has 0 amide bonds. The maximum Gasteiger partial charge on any atom is 0.322 e. The second-order valence-corrected chi connectivity index (χ2v) is 10.6. The van der Waals surface area contributed by atoms with E-state index in [1.54, 1.807) is 26.0 Å². The number of aliphatic hydroxyl groups excluding tert-OH is 3. The van der Waals surface area contributed by atoms with Crippen LogP contribution in [-0.2, 0) is 24.3 Å². The fourth-order valence-corrected chi connectivity index (χ4v) is 5.85. The van der Waals surface area contributed by atoms with Crippen molar-refractivity contribution in [3.63, 3.8) is 0 Å². The fourth-order valence-electron chi connectivity index (χ4n) is 4.13. The molecule has 0 spiro atoms. The lowest BCUT2D eigenvalue weighted by molar-refractivity contribution is -0.290. The highest BCUT2D eigenvalue weighted by Gasteiger charge is 2.47. The van der Waals surface area contributed by atoms with Crippen molar-refractivity contribution in [2.75, 3.05) is 13.7 Å². The van der Waals surface area contributed by atoms with E-state index in [2.05, 4.69) is 0 Å². The maximum atomic E-state index is 13.7. The molecular weight excluding hydrogens is 478 g/mol. The molecule has 10 nitrogen and oxygen atoms in total. The van der Waals surface area contributed by atoms with E-state index in [1.807, 2.05) is 30.3 Å². The van der Waals surface area contributed by atoms with Crippen molar-refractivity contribution in [1.82, 2.24) is 4.31 Å². The molecule has 35 heavy (non-hydrogen) atoms. The summed E-state index contributed by atoms with van der Waals surface area (Å²) in [7, 11) is -3.18. The van der Waals surface area contributed by atoms with Gasteiger partial charge in [0, 0.05) is 13.7 Å². The first-order valence-corrected chi connectivity index (χ1v) is 12.6. The minimum atomic E-state index is -4.39. The SMILES string of the molecule is CO[C@@H]1O[C@H](CN([C@@H](C(=O)O)C(C)C)S(=O)(=O)c2ccc(-c3ccccc3)cc2)[C@@H](O)[C@H](O)[C@H]1O. The summed E-state index contributed by atoms with van der Waals surface area (Å²) in [5.74, 6) is -2.01. The molecule has 2 aromatic rings. The number of nitrogens with zero attached hydrogens (tertiary/aromatic N) is 1. The molecule has 1 heterocycles. The van der Waals surface area contributed by atoms with Crippen molar-refractivity contribution in [3.05, 3.63) is 54.6 Å². The lowest BCUT2D eigenvalue weighted by atomic mass is 9.97. The van der Waals surface area contributed by atoms with Crippen LogP contribution in [0.1, 0.15) is 13.8 Å². The summed E-state index contributed by atoms with van der Waals surface area (Å²) in [6.07, 6.45) is -7.64. The number of aliphatic hydroxyl groups is 3. The summed E-state index contributed by atoms with van der Waals surface area (Å²) in [5, 5.41) is 40.6. The van der Waals surface area contributed by atoms with E-state index in [-0.39, 0.29) is 4.90 Å². The summed E-state index contributed by atoms with van der Waals surface area (Å²) < 4.78 is 38.6. The third-order valence-electron chi connectivity index (χ3n) is 6.02. The van der Waals surface area contributed by atoms with Gasteiger partial charge in [0.25, 0.3) is 0 Å². The van der Waals surface area contributed by atoms with E-state index in [4.69, 9.17) is 9.47 Å². The molecule has 2 aromatic carbocycles. The van der Waals surface area contributed by atoms with Gasteiger partial charge in [0.2, 0.25) is 10.0 Å². The molecule has 1 fully saturated rings. The van der Waals surface area contributed by atoms with E-state index in [9.17, 15) is 33.6 Å². The molecule has 1 saturated heterocycles. The Bertz CT molecular complexity index is 1090. The van der Waals surface area contributed by atoms with Gasteiger partial charge in [-0.3, -0.25) is 4.79 Å². The molecule has 0 aromatic heterocycles. The van der Waals surface area contributed by atoms with Gasteiger partial charge in [-0.2, -0.15) is 4.31 Å². The van der Waals surface area contributed by atoms with Crippen molar-refractivity contribution in [2.24, 2.45) is 5.92 Å². The summed E-state index contributed by atoms with van der Waals surface area (Å²) in [4.78, 5) is 12.0. The Hall–Kier alpha value is -2.38. The van der Waals surface area contributed by atoms with Crippen LogP contribution in [0.3, 0.4) is 0 Å². The number of methoxy groups -OCH3 is 1. The van der Waals surface area contributed by atoms with Crippen LogP contribution in [0.15, 0.2) is 59.5 Å². The molecule has 0 unspecified atom stereocenters. The monoisotopic (exact) mass is 509 g/mol. The minimum absolute atomic E-state index is 0.141. The van der Waals surface area contributed by atoms with E-state index in [0.29, 0.717) is 0 Å². The molecule has 0 bridgehead atoms. The van der Waals surface area contributed by atoms with Crippen molar-refractivity contribution in [3.8, 4) is 11.1 Å². The van der Waals surface area contributed by atoms with Crippen molar-refractivity contribution in [1.29, 1.82) is 0 Å². The number of aliphatic carboxylic acids is 1. The second kappa shape index (κ2) is 11.1. The number of ether oxygens (including phenoxy) is 2. The lowest BCUT2D eigenvalue weighted by Crippen LogP contribution is -2.62. The number of sulfonamides is 1. The van der Waals surface area contributed by atoms with Crippen LogP contribution in [-0.4, -0.2) is 89.5 Å². The van der Waals surface area contributed by atoms with Gasteiger partial charge in [0.1, 0.15) is 30.5 Å². The molecule has 1 aliphatic rings. The zero-order chi connectivity index (χ0) is 25.9. The Balaban J connectivity index is 1.99. The molecule has 0 radical (unpaired) electrons. The second-order valence-electron chi connectivity index (χ2n) is 8.74. The van der Waals surface area contributed by atoms with Gasteiger partial charge < -0.3 is 29.9 Å². The van der Waals surface area contributed by atoms with Gasteiger partial charge in [-0.1, -0.05) is 56.3 Å². The Kier molecular flexibility index (Phi) is 8.65. The van der Waals surface area contributed by atoms with Gasteiger partial charge >= 0.3 is 5.97 Å². The predicted molar refractivity (Wildman–Crippen MR) is 126 cm³/mol. The molecule has 4 N–H and O–H groups in total. The molecule has 1 aliphatic heterocycles. The van der Waals surface area contributed by atoms with Gasteiger partial charge in [0.05, 0.1) is 4.90 Å². The fraction of sp³-hybridized carbons (Fsp3) is 0.458. The third-order valence-corrected chi connectivity index (χ3v) is 7.89. The van der Waals surface area contributed by atoms with Crippen molar-refractivity contribution >= 4 is 16.0 Å². The molecule has 0 aliphatic carbocycles. The van der Waals surface area contributed by atoms with Crippen LogP contribution in [0, 0.1) is 5.92 Å². The highest BCUT2D eigenvalue weighted by Crippen LogP contribution is 2.29. The van der Waals surface area contributed by atoms with Crippen LogP contribution in [0.4, 0.5) is 0 Å². The quantitative estimate of drug-likeness (QED) is 0.386. The van der Waals surface area contributed by atoms with Gasteiger partial charge in [0.15, 0.2) is 6.29 Å². The smallest absolute Gasteiger partial charge is 0.322 e. The number of hydrogen-bond acceptors (Lipinski definition) is 8. The minimum Gasteiger partial charge on any atom is -0.480 e. The van der Waals surface area contributed by atoms with Crippen LogP contribution < -0.4 is 0 Å². The van der Waals surface area contributed by atoms with E-state index >= 15 is 0 Å². The third kappa shape index (κ3) is 5.72. The first-order chi connectivity index (χ1) is 16.5. The standard InChI is InChI=1S/C24H31NO9S/c1-14(2)19(23(29)30)25(13-18-20(26)21(27)22(28)24(33-3)34-18)35(31,32)17-11-9-16(10-12-17)15-7-5-4-6-8-15/h4-12,14,18-22,24,26-28H,13H2,1-3H3,(H,29,30)/t18-,19-,20-,21+,22-,24-/m1/s1. The molecule has 11 heteroatoms. The highest BCUT2D eigenvalue weighted by molar-refractivity contribution is 7.89. The van der Waals surface area contributed by atoms with Gasteiger partial charge in [-0.05, 0) is 29.2 Å². The van der Waals surface area contributed by atoms with E-state index in [1.165, 1.54) is 19.2 Å². The zero-order valence-electron chi connectivity index (χ0n) is 19.6. The predicted octanol–water partition coefficient (Wildman–Crippen LogP) is 0.907. The Labute approximate surface area is 204 Å². The molecular formula is C24H31NO9S. The topological polar surface area (TPSA) is 154 Å². The lowest BCUT2D eigenvalue weighted by Gasteiger charge is -2.42. The number of benzene rings is 2. The van der Waals surface area contributed by atoms with Crippen LogP contribution in [0.25, 0.3) is 11.1 Å². The van der Waals surface area contributed by atoms with Crippen LogP contribution in [0.2, 0.25) is 0 Å². The molecule has 0 saturated carbocycles. The van der Waals surface area contributed by atoms with Gasteiger partial charge in [-0.25, -0.2) is 8.42 Å². The molecule has 6 atom stereocenters. The molecule has 192 valence electrons. The molecule has 3 rings (SSSR count). The Morgan fingerprint density at radius 3 is 2.06 bits per heavy atom. The van der Waals surface area contributed by atoms with E-state index in [0.717, 1.165) is 15.4 Å². The number of carboxylic acid groups (broad SMARTS) is 1. The maximum absolute atomic E-state index is 13.7. The normalized spacial score (nSPS) is 26.1. The largest absolute Gasteiger partial charge is 0.480 e. The van der Waals surface area contributed by atoms with Gasteiger partial charge in [-0.15, -0.1) is 0 Å². The van der Waals surface area contributed by atoms with Crippen LogP contribution in [0.5, 0.6) is 0 Å². The first kappa shape index (κ1) is 27.2. The Morgan fingerprint density at radius 2 is 1.54 bits per heavy atom.